The van der Waals surface area contributed by atoms with Gasteiger partial charge in [-0.05, 0) is 36.8 Å². The molecule has 0 fully saturated rings. The van der Waals surface area contributed by atoms with E-state index < -0.39 is 32.6 Å². The molecule has 0 radical (unpaired) electrons. The van der Waals surface area contributed by atoms with Crippen LogP contribution in [0.1, 0.15) is 17.5 Å². The Morgan fingerprint density at radius 3 is 2.58 bits per heavy atom. The van der Waals surface area contributed by atoms with Gasteiger partial charge in [-0.3, -0.25) is 4.79 Å². The molecular formula is C16H16F3N3O3S. The lowest BCUT2D eigenvalue weighted by Gasteiger charge is -2.10. The van der Waals surface area contributed by atoms with Crippen molar-refractivity contribution in [3.05, 3.63) is 53.7 Å². The Hall–Kier alpha value is -2.46. The van der Waals surface area contributed by atoms with Crippen LogP contribution in [-0.4, -0.2) is 25.9 Å². The van der Waals surface area contributed by atoms with Crippen molar-refractivity contribution >= 4 is 21.7 Å². The fourth-order valence-corrected chi connectivity index (χ4v) is 3.11. The van der Waals surface area contributed by atoms with E-state index in [2.05, 4.69) is 15.0 Å². The molecule has 0 spiro atoms. The quantitative estimate of drug-likeness (QED) is 0.798. The van der Waals surface area contributed by atoms with E-state index in [1.54, 1.807) is 19.1 Å². The second kappa shape index (κ2) is 7.83. The van der Waals surface area contributed by atoms with E-state index in [9.17, 15) is 26.4 Å². The van der Waals surface area contributed by atoms with Crippen LogP contribution in [0.2, 0.25) is 0 Å². The molecule has 6 nitrogen and oxygen atoms in total. The normalized spacial score (nSPS) is 12.0. The number of amides is 1. The van der Waals surface area contributed by atoms with Gasteiger partial charge in [0.15, 0.2) is 0 Å². The molecule has 10 heteroatoms. The van der Waals surface area contributed by atoms with Crippen molar-refractivity contribution in [3.8, 4) is 0 Å². The van der Waals surface area contributed by atoms with Gasteiger partial charge in [-0.25, -0.2) is 18.1 Å². The highest BCUT2D eigenvalue weighted by Gasteiger charge is 2.31. The Morgan fingerprint density at radius 2 is 1.92 bits per heavy atom. The first-order valence-electron chi connectivity index (χ1n) is 7.48. The number of carbonyl (C=O) groups is 1. The highest BCUT2D eigenvalue weighted by Crippen LogP contribution is 2.30. The number of sulfonamides is 1. The predicted molar refractivity (Wildman–Crippen MR) is 88.9 cm³/mol. The predicted octanol–water partition coefficient (Wildman–Crippen LogP) is 2.72. The van der Waals surface area contributed by atoms with Crippen molar-refractivity contribution in [2.45, 2.75) is 24.4 Å². The lowest BCUT2D eigenvalue weighted by atomic mass is 10.2. The molecule has 0 saturated heterocycles. The van der Waals surface area contributed by atoms with E-state index in [4.69, 9.17) is 0 Å². The van der Waals surface area contributed by atoms with Gasteiger partial charge in [0.1, 0.15) is 5.82 Å². The zero-order valence-electron chi connectivity index (χ0n) is 13.7. The second-order valence-corrected chi connectivity index (χ2v) is 7.16. The number of aromatic nitrogens is 1. The van der Waals surface area contributed by atoms with Crippen LogP contribution in [0, 0.1) is 6.92 Å². The molecule has 1 aromatic heterocycles. The van der Waals surface area contributed by atoms with E-state index in [-0.39, 0.29) is 13.0 Å². The number of aryl methyl sites for hydroxylation is 1. The van der Waals surface area contributed by atoms with Gasteiger partial charge < -0.3 is 5.32 Å². The van der Waals surface area contributed by atoms with E-state index in [0.29, 0.717) is 11.9 Å². The zero-order valence-corrected chi connectivity index (χ0v) is 14.5. The molecule has 0 bridgehead atoms. The highest BCUT2D eigenvalue weighted by atomic mass is 32.2. The summed E-state index contributed by atoms with van der Waals surface area (Å²) in [5.74, 6) is -0.114. The first-order chi connectivity index (χ1) is 12.1. The number of benzene rings is 1. The lowest BCUT2D eigenvalue weighted by Crippen LogP contribution is -2.28. The number of halogens is 3. The van der Waals surface area contributed by atoms with Gasteiger partial charge in [0.2, 0.25) is 15.9 Å². The van der Waals surface area contributed by atoms with Crippen molar-refractivity contribution in [1.29, 1.82) is 0 Å². The summed E-state index contributed by atoms with van der Waals surface area (Å²) in [6, 6.07) is 6.83. The molecule has 2 aromatic rings. The van der Waals surface area contributed by atoms with Gasteiger partial charge in [0, 0.05) is 19.2 Å². The number of anilines is 1. The molecule has 2 rings (SSSR count). The Labute approximate surface area is 148 Å². The first kappa shape index (κ1) is 19.9. The third-order valence-corrected chi connectivity index (χ3v) is 4.84. The Bertz CT molecular complexity index is 899. The molecule has 0 aliphatic rings. The minimum atomic E-state index is -4.65. The molecule has 0 saturated carbocycles. The lowest BCUT2D eigenvalue weighted by molar-refractivity contribution is -0.137. The molecule has 0 aliphatic heterocycles. The standard InChI is InChI=1S/C16H16F3N3O3S/c1-11-4-3-8-20-15(11)22-14(23)7-9-21-26(24,25)13-6-2-5-12(10-13)16(17,18)19/h2-6,8,10,21H,7,9H2,1H3,(H,20,22,23). The maximum atomic E-state index is 12.7. The number of nitrogens with one attached hydrogen (secondary N) is 2. The molecule has 0 aliphatic carbocycles. The van der Waals surface area contributed by atoms with E-state index >= 15 is 0 Å². The van der Waals surface area contributed by atoms with Crippen LogP contribution in [0.25, 0.3) is 0 Å². The number of rotatable bonds is 6. The Morgan fingerprint density at radius 1 is 1.19 bits per heavy atom. The summed E-state index contributed by atoms with van der Waals surface area (Å²) in [7, 11) is -4.17. The van der Waals surface area contributed by atoms with Gasteiger partial charge in [-0.1, -0.05) is 12.1 Å². The van der Waals surface area contributed by atoms with E-state index in [1.165, 1.54) is 6.20 Å². The van der Waals surface area contributed by atoms with Crippen molar-refractivity contribution < 1.29 is 26.4 Å². The Kier molecular flexibility index (Phi) is 5.98. The van der Waals surface area contributed by atoms with Crippen molar-refractivity contribution in [2.75, 3.05) is 11.9 Å². The van der Waals surface area contributed by atoms with Gasteiger partial charge in [0.25, 0.3) is 0 Å². The van der Waals surface area contributed by atoms with Crippen LogP contribution >= 0.6 is 0 Å². The fourth-order valence-electron chi connectivity index (χ4n) is 2.03. The van der Waals surface area contributed by atoms with Gasteiger partial charge in [-0.2, -0.15) is 13.2 Å². The first-order valence-corrected chi connectivity index (χ1v) is 8.96. The molecule has 1 aromatic carbocycles. The average molecular weight is 387 g/mol. The monoisotopic (exact) mass is 387 g/mol. The minimum absolute atomic E-state index is 0.200. The summed E-state index contributed by atoms with van der Waals surface area (Å²) >= 11 is 0. The average Bonchev–Trinajstić information content (AvgIpc) is 2.56. The van der Waals surface area contributed by atoms with Crippen LogP contribution in [0.3, 0.4) is 0 Å². The van der Waals surface area contributed by atoms with E-state index in [1.807, 2.05) is 0 Å². The fraction of sp³-hybridized carbons (Fsp3) is 0.250. The van der Waals surface area contributed by atoms with Crippen molar-refractivity contribution in [2.24, 2.45) is 0 Å². The number of alkyl halides is 3. The molecule has 1 heterocycles. The van der Waals surface area contributed by atoms with Crippen LogP contribution in [0.15, 0.2) is 47.5 Å². The summed E-state index contributed by atoms with van der Waals surface area (Å²) in [6.45, 7) is 1.48. The topological polar surface area (TPSA) is 88.2 Å². The van der Waals surface area contributed by atoms with Gasteiger partial charge >= 0.3 is 6.18 Å². The third-order valence-electron chi connectivity index (χ3n) is 3.38. The SMILES string of the molecule is Cc1cccnc1NC(=O)CCNS(=O)(=O)c1cccc(C(F)(F)F)c1. The molecule has 0 unspecified atom stereocenters. The van der Waals surface area contributed by atoms with Crippen molar-refractivity contribution in [1.82, 2.24) is 9.71 Å². The molecule has 2 N–H and O–H groups in total. The van der Waals surface area contributed by atoms with Crippen LogP contribution < -0.4 is 10.0 Å². The summed E-state index contributed by atoms with van der Waals surface area (Å²) in [5.41, 5.74) is -0.325. The number of nitrogens with zero attached hydrogens (tertiary/aromatic N) is 1. The number of pyridine rings is 1. The number of carbonyl (C=O) groups excluding carboxylic acids is 1. The number of hydrogen-bond acceptors (Lipinski definition) is 4. The molecular weight excluding hydrogens is 371 g/mol. The third kappa shape index (κ3) is 5.27. The van der Waals surface area contributed by atoms with Crippen LogP contribution in [-0.2, 0) is 21.0 Å². The summed E-state index contributed by atoms with van der Waals surface area (Å²) in [4.78, 5) is 15.3. The highest BCUT2D eigenvalue weighted by molar-refractivity contribution is 7.89. The van der Waals surface area contributed by atoms with Gasteiger partial charge in [-0.15, -0.1) is 0 Å². The minimum Gasteiger partial charge on any atom is -0.310 e. The maximum Gasteiger partial charge on any atom is 0.416 e. The van der Waals surface area contributed by atoms with Gasteiger partial charge in [0.05, 0.1) is 10.5 Å². The summed E-state index contributed by atoms with van der Waals surface area (Å²) < 4.78 is 64.3. The molecule has 1 amide bonds. The zero-order chi connectivity index (χ0) is 19.4. The Balaban J connectivity index is 1.96. The maximum absolute atomic E-state index is 12.7. The van der Waals surface area contributed by atoms with Crippen LogP contribution in [0.5, 0.6) is 0 Å². The number of hydrogen-bond donors (Lipinski definition) is 2. The molecule has 140 valence electrons. The molecule has 26 heavy (non-hydrogen) atoms. The van der Waals surface area contributed by atoms with Crippen molar-refractivity contribution in [3.63, 3.8) is 0 Å². The smallest absolute Gasteiger partial charge is 0.310 e. The second-order valence-electron chi connectivity index (χ2n) is 5.39. The largest absolute Gasteiger partial charge is 0.416 e. The summed E-state index contributed by atoms with van der Waals surface area (Å²) in [5, 5.41) is 2.53. The van der Waals surface area contributed by atoms with E-state index in [0.717, 1.165) is 23.8 Å². The van der Waals surface area contributed by atoms with Crippen LogP contribution in [0.4, 0.5) is 19.0 Å². The summed E-state index contributed by atoms with van der Waals surface area (Å²) in [6.07, 6.45) is -3.35. The molecule has 0 atom stereocenters.